The summed E-state index contributed by atoms with van der Waals surface area (Å²) < 4.78 is 1.29. The molecule has 0 heterocycles. The number of benzene rings is 1. The van der Waals surface area contributed by atoms with Crippen LogP contribution in [0.25, 0.3) is 0 Å². The molecule has 0 spiro atoms. The van der Waals surface area contributed by atoms with E-state index >= 15 is 0 Å². The van der Waals surface area contributed by atoms with Crippen LogP contribution in [0.1, 0.15) is 18.9 Å². The normalized spacial score (nSPS) is 26.3. The Kier molecular flexibility index (Phi) is 3.64. The number of hydrogen-bond acceptors (Lipinski definition) is 2. The standard InChI is InChI=1S/C12H17IN2/c1-8-6-11(8)12(15-14)7-9-2-4-10(13)5-3-9/h2-5,8,11-12,15H,6-7,14H2,1H3. The van der Waals surface area contributed by atoms with Gasteiger partial charge < -0.3 is 0 Å². The van der Waals surface area contributed by atoms with E-state index in [1.807, 2.05) is 0 Å². The highest BCUT2D eigenvalue weighted by atomic mass is 127. The monoisotopic (exact) mass is 316 g/mol. The second-order valence-electron chi connectivity index (χ2n) is 4.48. The van der Waals surface area contributed by atoms with E-state index in [1.165, 1.54) is 15.6 Å². The van der Waals surface area contributed by atoms with E-state index in [4.69, 9.17) is 5.84 Å². The predicted octanol–water partition coefficient (Wildman–Crippen LogP) is 2.32. The minimum absolute atomic E-state index is 0.445. The molecule has 15 heavy (non-hydrogen) atoms. The minimum atomic E-state index is 0.445. The van der Waals surface area contributed by atoms with Gasteiger partial charge in [-0.15, -0.1) is 0 Å². The van der Waals surface area contributed by atoms with E-state index in [1.54, 1.807) is 0 Å². The molecule has 2 nitrogen and oxygen atoms in total. The van der Waals surface area contributed by atoms with Crippen molar-refractivity contribution in [1.82, 2.24) is 5.43 Å². The first-order chi connectivity index (χ1) is 7.20. The third-order valence-corrected chi connectivity index (χ3v) is 3.99. The fourth-order valence-corrected chi connectivity index (χ4v) is 2.48. The third kappa shape index (κ3) is 2.92. The van der Waals surface area contributed by atoms with Gasteiger partial charge in [0.2, 0.25) is 0 Å². The predicted molar refractivity (Wildman–Crippen MR) is 71.2 cm³/mol. The van der Waals surface area contributed by atoms with Gasteiger partial charge in [-0.2, -0.15) is 0 Å². The van der Waals surface area contributed by atoms with E-state index in [-0.39, 0.29) is 0 Å². The molecule has 1 aromatic carbocycles. The van der Waals surface area contributed by atoms with Gasteiger partial charge in [0.05, 0.1) is 0 Å². The second-order valence-corrected chi connectivity index (χ2v) is 5.73. The first kappa shape index (κ1) is 11.4. The molecule has 1 aliphatic rings. The van der Waals surface area contributed by atoms with Crippen molar-refractivity contribution in [1.29, 1.82) is 0 Å². The van der Waals surface area contributed by atoms with Gasteiger partial charge in [0.25, 0.3) is 0 Å². The summed E-state index contributed by atoms with van der Waals surface area (Å²) in [6.45, 7) is 2.29. The zero-order chi connectivity index (χ0) is 10.8. The van der Waals surface area contributed by atoms with Gasteiger partial charge in [-0.05, 0) is 65.0 Å². The van der Waals surface area contributed by atoms with Crippen LogP contribution in [0.5, 0.6) is 0 Å². The van der Waals surface area contributed by atoms with E-state index in [2.05, 4.69) is 59.2 Å². The summed E-state index contributed by atoms with van der Waals surface area (Å²) >= 11 is 2.33. The van der Waals surface area contributed by atoms with E-state index in [0.29, 0.717) is 6.04 Å². The van der Waals surface area contributed by atoms with Crippen LogP contribution in [0.15, 0.2) is 24.3 Å². The summed E-state index contributed by atoms with van der Waals surface area (Å²) in [7, 11) is 0. The number of hydrogen-bond donors (Lipinski definition) is 2. The van der Waals surface area contributed by atoms with E-state index in [0.717, 1.165) is 18.3 Å². The zero-order valence-corrected chi connectivity index (χ0v) is 11.1. The van der Waals surface area contributed by atoms with Crippen LogP contribution in [0, 0.1) is 15.4 Å². The first-order valence-electron chi connectivity index (χ1n) is 5.41. The largest absolute Gasteiger partial charge is 0.271 e. The molecule has 3 unspecified atom stereocenters. The van der Waals surface area contributed by atoms with Crippen molar-refractivity contribution in [2.45, 2.75) is 25.8 Å². The van der Waals surface area contributed by atoms with Crippen molar-refractivity contribution < 1.29 is 0 Å². The topological polar surface area (TPSA) is 38.0 Å². The summed E-state index contributed by atoms with van der Waals surface area (Å²) in [4.78, 5) is 0. The Morgan fingerprint density at radius 2 is 2.07 bits per heavy atom. The molecule has 1 aliphatic carbocycles. The van der Waals surface area contributed by atoms with Gasteiger partial charge in [-0.3, -0.25) is 11.3 Å². The number of rotatable bonds is 4. The molecule has 0 bridgehead atoms. The zero-order valence-electron chi connectivity index (χ0n) is 8.91. The third-order valence-electron chi connectivity index (χ3n) is 3.27. The highest BCUT2D eigenvalue weighted by Crippen LogP contribution is 2.41. The number of nitrogens with one attached hydrogen (secondary N) is 1. The average Bonchev–Trinajstić information content (AvgIpc) is 2.95. The van der Waals surface area contributed by atoms with E-state index in [9.17, 15) is 0 Å². The fraction of sp³-hybridized carbons (Fsp3) is 0.500. The van der Waals surface area contributed by atoms with Crippen molar-refractivity contribution in [2.24, 2.45) is 17.7 Å². The summed E-state index contributed by atoms with van der Waals surface area (Å²) in [5, 5.41) is 0. The lowest BCUT2D eigenvalue weighted by Crippen LogP contribution is -2.38. The fourth-order valence-electron chi connectivity index (χ4n) is 2.12. The highest BCUT2D eigenvalue weighted by molar-refractivity contribution is 14.1. The number of hydrazine groups is 1. The van der Waals surface area contributed by atoms with Crippen molar-refractivity contribution in [3.8, 4) is 0 Å². The van der Waals surface area contributed by atoms with Gasteiger partial charge in [-0.1, -0.05) is 19.1 Å². The molecule has 1 fully saturated rings. The Bertz CT molecular complexity index is 323. The van der Waals surface area contributed by atoms with Crippen LogP contribution >= 0.6 is 22.6 Å². The van der Waals surface area contributed by atoms with Gasteiger partial charge >= 0.3 is 0 Å². The van der Waals surface area contributed by atoms with Crippen LogP contribution in [0.3, 0.4) is 0 Å². The molecule has 3 N–H and O–H groups in total. The van der Waals surface area contributed by atoms with Crippen LogP contribution in [-0.4, -0.2) is 6.04 Å². The summed E-state index contributed by atoms with van der Waals surface area (Å²) in [6.07, 6.45) is 2.36. The van der Waals surface area contributed by atoms with Crippen LogP contribution in [0.2, 0.25) is 0 Å². The minimum Gasteiger partial charge on any atom is -0.271 e. The molecular weight excluding hydrogens is 299 g/mol. The van der Waals surface area contributed by atoms with E-state index < -0.39 is 0 Å². The van der Waals surface area contributed by atoms with Crippen molar-refractivity contribution in [2.75, 3.05) is 0 Å². The van der Waals surface area contributed by atoms with Gasteiger partial charge in [-0.25, -0.2) is 0 Å². The van der Waals surface area contributed by atoms with Crippen LogP contribution < -0.4 is 11.3 Å². The molecule has 3 heteroatoms. The maximum absolute atomic E-state index is 5.60. The molecule has 0 aliphatic heterocycles. The summed E-state index contributed by atoms with van der Waals surface area (Å²) in [5.41, 5.74) is 4.33. The number of nitrogens with two attached hydrogens (primary N) is 1. The molecule has 82 valence electrons. The molecule has 0 aromatic heterocycles. The molecule has 0 amide bonds. The second kappa shape index (κ2) is 4.80. The van der Waals surface area contributed by atoms with Crippen molar-refractivity contribution in [3.05, 3.63) is 33.4 Å². The quantitative estimate of drug-likeness (QED) is 0.508. The Hall–Kier alpha value is -0.130. The molecule has 2 rings (SSSR count). The van der Waals surface area contributed by atoms with Crippen molar-refractivity contribution >= 4 is 22.6 Å². The highest BCUT2D eigenvalue weighted by Gasteiger charge is 2.38. The first-order valence-corrected chi connectivity index (χ1v) is 6.49. The lowest BCUT2D eigenvalue weighted by molar-refractivity contribution is 0.454. The van der Waals surface area contributed by atoms with Gasteiger partial charge in [0.1, 0.15) is 0 Å². The van der Waals surface area contributed by atoms with Crippen molar-refractivity contribution in [3.63, 3.8) is 0 Å². The Morgan fingerprint density at radius 3 is 2.53 bits per heavy atom. The maximum atomic E-state index is 5.60. The Balaban J connectivity index is 1.97. The molecule has 1 saturated carbocycles. The SMILES string of the molecule is CC1CC1C(Cc1ccc(I)cc1)NN. The average molecular weight is 316 g/mol. The molecular formula is C12H17IN2. The maximum Gasteiger partial charge on any atom is 0.0281 e. The molecule has 0 saturated heterocycles. The van der Waals surface area contributed by atoms with Crippen LogP contribution in [0.4, 0.5) is 0 Å². The summed E-state index contributed by atoms with van der Waals surface area (Å²) in [6, 6.07) is 9.14. The van der Waals surface area contributed by atoms with Gasteiger partial charge in [0, 0.05) is 9.61 Å². The molecule has 3 atom stereocenters. The van der Waals surface area contributed by atoms with Gasteiger partial charge in [0.15, 0.2) is 0 Å². The Morgan fingerprint density at radius 1 is 1.47 bits per heavy atom. The van der Waals surface area contributed by atoms with Crippen LogP contribution in [-0.2, 0) is 6.42 Å². The number of halogens is 1. The molecule has 0 radical (unpaired) electrons. The Labute approximate surface area is 105 Å². The molecule has 1 aromatic rings. The lowest BCUT2D eigenvalue weighted by Gasteiger charge is -2.15. The summed E-state index contributed by atoms with van der Waals surface area (Å²) in [5.74, 6) is 7.22. The smallest absolute Gasteiger partial charge is 0.0281 e. The lowest BCUT2D eigenvalue weighted by atomic mass is 10.0.